The van der Waals surface area contributed by atoms with Crippen LogP contribution in [0.4, 0.5) is 4.79 Å². The Morgan fingerprint density at radius 1 is 1.35 bits per heavy atom. The molecule has 23 heavy (non-hydrogen) atoms. The Balaban J connectivity index is 2.56. The number of benzene rings is 1. The molecule has 0 saturated heterocycles. The first-order chi connectivity index (χ1) is 10.7. The summed E-state index contributed by atoms with van der Waals surface area (Å²) in [7, 11) is 0. The van der Waals surface area contributed by atoms with Crippen molar-refractivity contribution < 1.29 is 24.2 Å². The van der Waals surface area contributed by atoms with Crippen LogP contribution < -0.4 is 5.32 Å². The molecule has 0 aliphatic rings. The molecule has 0 bridgehead atoms. The first-order valence-corrected chi connectivity index (χ1v) is 7.01. The van der Waals surface area contributed by atoms with Gasteiger partial charge in [-0.05, 0) is 32.4 Å². The van der Waals surface area contributed by atoms with E-state index in [2.05, 4.69) is 5.32 Å². The van der Waals surface area contributed by atoms with Crippen molar-refractivity contribution in [3.05, 3.63) is 35.4 Å². The van der Waals surface area contributed by atoms with Crippen molar-refractivity contribution in [3.8, 4) is 6.07 Å². The molecule has 2 N–H and O–H groups in total. The maximum absolute atomic E-state index is 11.6. The standard InChI is InChI=1S/C16H20N2O5/c1-16(2,3)23-15(21)18-13(14(19)20)10-22-9-12-7-5-4-6-11(12)8-17/h4-7,13H,9-10H2,1-3H3,(H,18,21)(H,19,20). The van der Waals surface area contributed by atoms with Crippen LogP contribution in [0, 0.1) is 11.3 Å². The SMILES string of the molecule is CC(C)(C)OC(=O)NC(COCc1ccccc1C#N)C(=O)O. The second-order valence-corrected chi connectivity index (χ2v) is 5.82. The lowest BCUT2D eigenvalue weighted by Crippen LogP contribution is -2.46. The molecule has 7 heteroatoms. The summed E-state index contributed by atoms with van der Waals surface area (Å²) in [6.45, 7) is 4.87. The molecule has 0 heterocycles. The van der Waals surface area contributed by atoms with Crippen LogP contribution in [0.15, 0.2) is 24.3 Å². The van der Waals surface area contributed by atoms with Gasteiger partial charge in [0.1, 0.15) is 5.60 Å². The van der Waals surface area contributed by atoms with E-state index in [1.54, 1.807) is 45.0 Å². The summed E-state index contributed by atoms with van der Waals surface area (Å²) >= 11 is 0. The summed E-state index contributed by atoms with van der Waals surface area (Å²) in [5.74, 6) is -1.23. The third-order valence-corrected chi connectivity index (χ3v) is 2.67. The van der Waals surface area contributed by atoms with Gasteiger partial charge in [0.05, 0.1) is 24.8 Å². The highest BCUT2D eigenvalue weighted by Crippen LogP contribution is 2.09. The molecule has 0 aromatic heterocycles. The maximum Gasteiger partial charge on any atom is 0.408 e. The Kier molecular flexibility index (Phi) is 6.54. The van der Waals surface area contributed by atoms with Gasteiger partial charge < -0.3 is 19.9 Å². The van der Waals surface area contributed by atoms with E-state index in [4.69, 9.17) is 19.8 Å². The van der Waals surface area contributed by atoms with Crippen LogP contribution in [0.25, 0.3) is 0 Å². The van der Waals surface area contributed by atoms with E-state index >= 15 is 0 Å². The molecule has 0 aliphatic carbocycles. The second-order valence-electron chi connectivity index (χ2n) is 5.82. The number of aliphatic carboxylic acids is 1. The molecule has 1 atom stereocenters. The van der Waals surface area contributed by atoms with E-state index in [9.17, 15) is 9.59 Å². The molecule has 1 aromatic rings. The minimum absolute atomic E-state index is 0.0729. The molecule has 0 spiro atoms. The Morgan fingerprint density at radius 3 is 2.57 bits per heavy atom. The Labute approximate surface area is 134 Å². The fourth-order valence-corrected chi connectivity index (χ4v) is 1.67. The van der Waals surface area contributed by atoms with E-state index in [0.29, 0.717) is 11.1 Å². The lowest BCUT2D eigenvalue weighted by Gasteiger charge is -2.22. The molecule has 1 unspecified atom stereocenters. The number of nitriles is 1. The normalized spacial score (nSPS) is 12.1. The summed E-state index contributed by atoms with van der Waals surface area (Å²) in [4.78, 5) is 22.8. The molecule has 1 aromatic carbocycles. The lowest BCUT2D eigenvalue weighted by molar-refractivity contribution is -0.141. The third-order valence-electron chi connectivity index (χ3n) is 2.67. The molecule has 7 nitrogen and oxygen atoms in total. The quantitative estimate of drug-likeness (QED) is 0.830. The topological polar surface area (TPSA) is 109 Å². The lowest BCUT2D eigenvalue weighted by atomic mass is 10.1. The number of carboxylic acids is 1. The third kappa shape index (κ3) is 6.80. The van der Waals surface area contributed by atoms with Crippen molar-refractivity contribution >= 4 is 12.1 Å². The predicted octanol–water partition coefficient (Wildman–Crippen LogP) is 2.05. The molecule has 1 rings (SSSR count). The number of nitrogens with one attached hydrogen (secondary N) is 1. The van der Waals surface area contributed by atoms with E-state index in [1.807, 2.05) is 6.07 Å². The number of rotatable bonds is 6. The highest BCUT2D eigenvalue weighted by Gasteiger charge is 2.24. The van der Waals surface area contributed by atoms with E-state index in [1.165, 1.54) is 0 Å². The van der Waals surface area contributed by atoms with E-state index in [-0.39, 0.29) is 13.2 Å². The van der Waals surface area contributed by atoms with Gasteiger partial charge in [-0.15, -0.1) is 0 Å². The number of carbonyl (C=O) groups is 2. The van der Waals surface area contributed by atoms with Gasteiger partial charge in [0.2, 0.25) is 0 Å². The van der Waals surface area contributed by atoms with Crippen molar-refractivity contribution in [1.29, 1.82) is 5.26 Å². The van der Waals surface area contributed by atoms with Crippen LogP contribution >= 0.6 is 0 Å². The molecular weight excluding hydrogens is 300 g/mol. The number of ether oxygens (including phenoxy) is 2. The minimum Gasteiger partial charge on any atom is -0.480 e. The van der Waals surface area contributed by atoms with Gasteiger partial charge in [0.15, 0.2) is 6.04 Å². The van der Waals surface area contributed by atoms with Crippen molar-refractivity contribution in [3.63, 3.8) is 0 Å². The van der Waals surface area contributed by atoms with Gasteiger partial charge in [0, 0.05) is 0 Å². The van der Waals surface area contributed by atoms with E-state index in [0.717, 1.165) is 0 Å². The van der Waals surface area contributed by atoms with Crippen LogP contribution in [0.5, 0.6) is 0 Å². The number of hydrogen-bond donors (Lipinski definition) is 2. The molecule has 0 aliphatic heterocycles. The second kappa shape index (κ2) is 8.15. The fourth-order valence-electron chi connectivity index (χ4n) is 1.67. The largest absolute Gasteiger partial charge is 0.480 e. The van der Waals surface area contributed by atoms with Gasteiger partial charge in [-0.3, -0.25) is 0 Å². The Hall–Kier alpha value is -2.59. The number of carbonyl (C=O) groups excluding carboxylic acids is 1. The molecule has 1 amide bonds. The molecular formula is C16H20N2O5. The first-order valence-electron chi connectivity index (χ1n) is 7.01. The number of hydrogen-bond acceptors (Lipinski definition) is 5. The minimum atomic E-state index is -1.24. The average molecular weight is 320 g/mol. The predicted molar refractivity (Wildman–Crippen MR) is 81.6 cm³/mol. The number of carboxylic acid groups (broad SMARTS) is 1. The molecule has 124 valence electrons. The zero-order valence-corrected chi connectivity index (χ0v) is 13.3. The van der Waals surface area contributed by atoms with Crippen molar-refractivity contribution in [1.82, 2.24) is 5.32 Å². The summed E-state index contributed by atoms with van der Waals surface area (Å²) < 4.78 is 10.3. The number of nitrogens with zero attached hydrogens (tertiary/aromatic N) is 1. The fraction of sp³-hybridized carbons (Fsp3) is 0.438. The highest BCUT2D eigenvalue weighted by atomic mass is 16.6. The zero-order chi connectivity index (χ0) is 17.5. The van der Waals surface area contributed by atoms with Gasteiger partial charge in [0.25, 0.3) is 0 Å². The average Bonchev–Trinajstić information content (AvgIpc) is 2.44. The summed E-state index contributed by atoms with van der Waals surface area (Å²) in [6.07, 6.45) is -0.828. The van der Waals surface area contributed by atoms with Crippen molar-refractivity contribution in [2.45, 2.75) is 39.0 Å². The van der Waals surface area contributed by atoms with Crippen LogP contribution in [0.1, 0.15) is 31.9 Å². The van der Waals surface area contributed by atoms with Crippen molar-refractivity contribution in [2.24, 2.45) is 0 Å². The van der Waals surface area contributed by atoms with Gasteiger partial charge in [-0.2, -0.15) is 5.26 Å². The Bertz CT molecular complexity index is 601. The summed E-state index contributed by atoms with van der Waals surface area (Å²) in [6, 6.07) is 7.64. The molecule has 0 radical (unpaired) electrons. The van der Waals surface area contributed by atoms with Crippen molar-refractivity contribution in [2.75, 3.05) is 6.61 Å². The van der Waals surface area contributed by atoms with Crippen LogP contribution in [0.2, 0.25) is 0 Å². The van der Waals surface area contributed by atoms with Gasteiger partial charge in [-0.25, -0.2) is 9.59 Å². The smallest absolute Gasteiger partial charge is 0.408 e. The van der Waals surface area contributed by atoms with Crippen LogP contribution in [-0.2, 0) is 20.9 Å². The van der Waals surface area contributed by atoms with Gasteiger partial charge in [-0.1, -0.05) is 18.2 Å². The monoisotopic (exact) mass is 320 g/mol. The van der Waals surface area contributed by atoms with Gasteiger partial charge >= 0.3 is 12.1 Å². The Morgan fingerprint density at radius 2 is 2.00 bits per heavy atom. The number of amides is 1. The highest BCUT2D eigenvalue weighted by molar-refractivity contribution is 5.80. The van der Waals surface area contributed by atoms with Crippen LogP contribution in [-0.4, -0.2) is 35.4 Å². The van der Waals surface area contributed by atoms with E-state index < -0.39 is 23.7 Å². The first kappa shape index (κ1) is 18.5. The number of alkyl carbamates (subject to hydrolysis) is 1. The summed E-state index contributed by atoms with van der Waals surface area (Å²) in [5.41, 5.74) is 0.385. The molecule has 0 fully saturated rings. The van der Waals surface area contributed by atoms with Crippen LogP contribution in [0.3, 0.4) is 0 Å². The maximum atomic E-state index is 11.6. The molecule has 0 saturated carbocycles. The summed E-state index contributed by atoms with van der Waals surface area (Å²) in [5, 5.41) is 20.3. The zero-order valence-electron chi connectivity index (χ0n) is 13.3.